The molecule has 0 fully saturated rings. The van der Waals surface area contributed by atoms with Gasteiger partial charge in [0.2, 0.25) is 0 Å². The Kier molecular flexibility index (Phi) is 8.22. The third-order valence-corrected chi connectivity index (χ3v) is 5.50. The van der Waals surface area contributed by atoms with E-state index < -0.39 is 0 Å². The molecule has 4 heteroatoms. The summed E-state index contributed by atoms with van der Waals surface area (Å²) in [7, 11) is 0. The Morgan fingerprint density at radius 3 is 2.32 bits per heavy atom. The maximum atomic E-state index is 13.6. The van der Waals surface area contributed by atoms with Gasteiger partial charge in [0, 0.05) is 0 Å². The molecule has 0 bridgehead atoms. The number of allylic oxidation sites excluding steroid dienone is 1. The van der Waals surface area contributed by atoms with Crippen LogP contribution in [0.3, 0.4) is 0 Å². The van der Waals surface area contributed by atoms with Crippen molar-refractivity contribution >= 4 is 12.0 Å². The predicted octanol–water partition coefficient (Wildman–Crippen LogP) is 6.52. The molecule has 0 radical (unpaired) electrons. The van der Waals surface area contributed by atoms with E-state index >= 15 is 0 Å². The molecule has 0 aliphatic rings. The first kappa shape index (κ1) is 22.5. The Morgan fingerprint density at radius 1 is 1.03 bits per heavy atom. The average Bonchev–Trinajstić information content (AvgIpc) is 3.18. The van der Waals surface area contributed by atoms with Crippen molar-refractivity contribution in [1.82, 2.24) is 15.1 Å². The number of unbranched alkanes of at least 4 members (excludes halogenated alkanes) is 2. The molecular weight excluding hydrogens is 382 g/mol. The van der Waals surface area contributed by atoms with Gasteiger partial charge in [-0.3, -0.25) is 4.79 Å². The molecule has 0 saturated heterocycles. The highest BCUT2D eigenvalue weighted by molar-refractivity contribution is 5.98. The van der Waals surface area contributed by atoms with Gasteiger partial charge in [-0.25, -0.2) is 4.68 Å². The number of hydrogen-bond donors (Lipinski definition) is 1. The lowest BCUT2D eigenvalue weighted by atomic mass is 9.99. The fourth-order valence-electron chi connectivity index (χ4n) is 3.94. The van der Waals surface area contributed by atoms with Crippen LogP contribution in [0.4, 0.5) is 0 Å². The molecule has 0 saturated carbocycles. The monoisotopic (exact) mass is 415 g/mol. The van der Waals surface area contributed by atoms with E-state index in [0.717, 1.165) is 42.6 Å². The fourth-order valence-corrected chi connectivity index (χ4v) is 3.94. The molecule has 0 aliphatic heterocycles. The minimum Gasteiger partial charge on any atom is -0.345 e. The van der Waals surface area contributed by atoms with Crippen LogP contribution >= 0.6 is 0 Å². The number of para-hydroxylation sites is 1. The number of nitrogens with one attached hydrogen (secondary N) is 1. The smallest absolute Gasteiger partial charge is 0.255 e. The van der Waals surface area contributed by atoms with Crippen molar-refractivity contribution in [1.29, 1.82) is 0 Å². The van der Waals surface area contributed by atoms with Crippen LogP contribution in [0.2, 0.25) is 0 Å². The van der Waals surface area contributed by atoms with E-state index in [4.69, 9.17) is 5.10 Å². The lowest BCUT2D eigenvalue weighted by Crippen LogP contribution is -2.29. The number of carbonyl (C=O) groups is 1. The molecule has 4 nitrogen and oxygen atoms in total. The van der Waals surface area contributed by atoms with Gasteiger partial charge >= 0.3 is 0 Å². The Hall–Kier alpha value is -3.14. The van der Waals surface area contributed by atoms with E-state index in [-0.39, 0.29) is 11.9 Å². The molecule has 0 aliphatic carbocycles. The number of carbonyl (C=O) groups excluding carboxylic acids is 1. The Balaban J connectivity index is 1.97. The molecule has 3 rings (SSSR count). The van der Waals surface area contributed by atoms with Crippen LogP contribution in [0.15, 0.2) is 66.7 Å². The summed E-state index contributed by atoms with van der Waals surface area (Å²) in [5.74, 6) is -0.0579. The molecule has 3 aromatic rings. The summed E-state index contributed by atoms with van der Waals surface area (Å²) >= 11 is 0. The fraction of sp³-hybridized carbons (Fsp3) is 0.333. The summed E-state index contributed by atoms with van der Waals surface area (Å²) in [6.45, 7) is 6.22. The molecule has 1 heterocycles. The standard InChI is InChI=1S/C27H33N3O/c1-4-7-10-20-23(21-16-11-8-12-17-21)28-27(31)26-24(15-5-2)29-30(25(26)6-3)22-18-13-9-14-19-22/h5,8-9,11-19,23H,4,6-7,10,20H2,1-3H3,(H,28,31)/b15-5+. The second-order valence-corrected chi connectivity index (χ2v) is 7.74. The van der Waals surface area contributed by atoms with Gasteiger partial charge in [0.15, 0.2) is 0 Å². The molecule has 2 aromatic carbocycles. The molecule has 1 aromatic heterocycles. The summed E-state index contributed by atoms with van der Waals surface area (Å²) in [5.41, 5.74) is 4.42. The highest BCUT2D eigenvalue weighted by Crippen LogP contribution is 2.25. The normalized spacial score (nSPS) is 12.2. The number of rotatable bonds is 10. The molecule has 162 valence electrons. The Bertz CT molecular complexity index is 990. The highest BCUT2D eigenvalue weighted by Gasteiger charge is 2.24. The van der Waals surface area contributed by atoms with Gasteiger partial charge in [0.1, 0.15) is 0 Å². The zero-order valence-corrected chi connectivity index (χ0v) is 18.8. The van der Waals surface area contributed by atoms with E-state index in [9.17, 15) is 4.79 Å². The van der Waals surface area contributed by atoms with Crippen molar-refractivity contribution in [3.8, 4) is 5.69 Å². The molecule has 1 atom stereocenters. The summed E-state index contributed by atoms with van der Waals surface area (Å²) in [4.78, 5) is 13.6. The van der Waals surface area contributed by atoms with Crippen LogP contribution in [-0.4, -0.2) is 15.7 Å². The number of nitrogens with zero attached hydrogens (tertiary/aromatic N) is 2. The lowest BCUT2D eigenvalue weighted by molar-refractivity contribution is 0.0933. The van der Waals surface area contributed by atoms with Gasteiger partial charge in [0.05, 0.1) is 28.7 Å². The van der Waals surface area contributed by atoms with Gasteiger partial charge in [-0.15, -0.1) is 0 Å². The van der Waals surface area contributed by atoms with Crippen molar-refractivity contribution in [3.05, 3.63) is 89.3 Å². The zero-order chi connectivity index (χ0) is 22.1. The van der Waals surface area contributed by atoms with E-state index in [2.05, 4.69) is 31.3 Å². The SMILES string of the molecule is C/C=C/c1nn(-c2ccccc2)c(CC)c1C(=O)NC(CCCCC)c1ccccc1. The van der Waals surface area contributed by atoms with E-state index in [1.807, 2.05) is 72.3 Å². The highest BCUT2D eigenvalue weighted by atomic mass is 16.1. The van der Waals surface area contributed by atoms with E-state index in [1.54, 1.807) is 0 Å². The van der Waals surface area contributed by atoms with Gasteiger partial charge in [-0.2, -0.15) is 5.10 Å². The van der Waals surface area contributed by atoms with E-state index in [1.165, 1.54) is 0 Å². The van der Waals surface area contributed by atoms with Crippen molar-refractivity contribution in [2.75, 3.05) is 0 Å². The van der Waals surface area contributed by atoms with Crippen LogP contribution < -0.4 is 5.32 Å². The van der Waals surface area contributed by atoms with Crippen LogP contribution in [0.25, 0.3) is 11.8 Å². The van der Waals surface area contributed by atoms with Crippen molar-refractivity contribution < 1.29 is 4.79 Å². The second kappa shape index (κ2) is 11.3. The third kappa shape index (κ3) is 5.52. The summed E-state index contributed by atoms with van der Waals surface area (Å²) < 4.78 is 1.90. The van der Waals surface area contributed by atoms with E-state index in [0.29, 0.717) is 17.7 Å². The maximum absolute atomic E-state index is 13.6. The zero-order valence-electron chi connectivity index (χ0n) is 18.8. The number of aromatic nitrogens is 2. The Labute approximate surface area is 186 Å². The molecule has 1 N–H and O–H groups in total. The molecular formula is C27H33N3O. The predicted molar refractivity (Wildman–Crippen MR) is 128 cm³/mol. The molecule has 1 unspecified atom stereocenters. The van der Waals surface area contributed by atoms with Gasteiger partial charge in [-0.05, 0) is 43.5 Å². The maximum Gasteiger partial charge on any atom is 0.255 e. The molecule has 0 spiro atoms. The second-order valence-electron chi connectivity index (χ2n) is 7.74. The van der Waals surface area contributed by atoms with Crippen LogP contribution in [-0.2, 0) is 6.42 Å². The first-order valence-electron chi connectivity index (χ1n) is 11.3. The first-order chi connectivity index (χ1) is 15.2. The number of amides is 1. The quantitative estimate of drug-likeness (QED) is 0.383. The summed E-state index contributed by atoms with van der Waals surface area (Å²) in [6, 6.07) is 20.3. The molecule has 31 heavy (non-hydrogen) atoms. The first-order valence-corrected chi connectivity index (χ1v) is 11.3. The average molecular weight is 416 g/mol. The summed E-state index contributed by atoms with van der Waals surface area (Å²) in [6.07, 6.45) is 8.90. The largest absolute Gasteiger partial charge is 0.345 e. The number of benzene rings is 2. The third-order valence-electron chi connectivity index (χ3n) is 5.50. The Morgan fingerprint density at radius 2 is 1.71 bits per heavy atom. The lowest BCUT2D eigenvalue weighted by Gasteiger charge is -2.20. The minimum absolute atomic E-state index is 0.0107. The van der Waals surface area contributed by atoms with Crippen LogP contribution in [0.5, 0.6) is 0 Å². The summed E-state index contributed by atoms with van der Waals surface area (Å²) in [5, 5.41) is 8.11. The topological polar surface area (TPSA) is 46.9 Å². The van der Waals surface area contributed by atoms with Gasteiger partial charge < -0.3 is 5.32 Å². The van der Waals surface area contributed by atoms with Crippen LogP contribution in [0, 0.1) is 0 Å². The minimum atomic E-state index is -0.0579. The van der Waals surface area contributed by atoms with Crippen molar-refractivity contribution in [2.24, 2.45) is 0 Å². The van der Waals surface area contributed by atoms with Gasteiger partial charge in [0.25, 0.3) is 5.91 Å². The van der Waals surface area contributed by atoms with Crippen LogP contribution in [0.1, 0.15) is 79.8 Å². The number of hydrogen-bond acceptors (Lipinski definition) is 2. The molecule has 1 amide bonds. The van der Waals surface area contributed by atoms with Crippen molar-refractivity contribution in [3.63, 3.8) is 0 Å². The van der Waals surface area contributed by atoms with Crippen molar-refractivity contribution in [2.45, 2.75) is 58.9 Å². The van der Waals surface area contributed by atoms with Gasteiger partial charge in [-0.1, -0.05) is 87.7 Å².